The zero-order valence-corrected chi connectivity index (χ0v) is 11.6. The maximum atomic E-state index is 14.0. The van der Waals surface area contributed by atoms with Crippen LogP contribution >= 0.6 is 0 Å². The summed E-state index contributed by atoms with van der Waals surface area (Å²) in [7, 11) is 0. The number of hydrogen-bond acceptors (Lipinski definition) is 5. The molecule has 0 amide bonds. The molecule has 0 aliphatic rings. The SMILES string of the molecule is Nc1nnc(-c2ccc3occ(-c4cc(F)ccc4F)c3c2)o1. The lowest BCUT2D eigenvalue weighted by Gasteiger charge is -2.02. The number of nitrogens with zero attached hydrogens (tertiary/aromatic N) is 2. The zero-order chi connectivity index (χ0) is 16.0. The van der Waals surface area contributed by atoms with Crippen LogP contribution in [0.25, 0.3) is 33.6 Å². The molecule has 0 saturated carbocycles. The highest BCUT2D eigenvalue weighted by atomic mass is 19.1. The molecule has 0 aliphatic carbocycles. The summed E-state index contributed by atoms with van der Waals surface area (Å²) in [4.78, 5) is 0. The molecule has 2 aromatic heterocycles. The fourth-order valence-corrected chi connectivity index (χ4v) is 2.43. The summed E-state index contributed by atoms with van der Waals surface area (Å²) in [6, 6.07) is 8.31. The van der Waals surface area contributed by atoms with Crippen LogP contribution in [0.1, 0.15) is 0 Å². The normalized spacial score (nSPS) is 11.2. The Labute approximate surface area is 128 Å². The highest BCUT2D eigenvalue weighted by Gasteiger charge is 2.15. The van der Waals surface area contributed by atoms with Crippen molar-refractivity contribution >= 4 is 17.0 Å². The van der Waals surface area contributed by atoms with E-state index in [9.17, 15) is 8.78 Å². The fraction of sp³-hybridized carbons (Fsp3) is 0. The predicted molar refractivity (Wildman–Crippen MR) is 79.3 cm³/mol. The van der Waals surface area contributed by atoms with Gasteiger partial charge in [0.25, 0.3) is 0 Å². The van der Waals surface area contributed by atoms with Crippen molar-refractivity contribution in [1.29, 1.82) is 0 Å². The quantitative estimate of drug-likeness (QED) is 0.605. The summed E-state index contributed by atoms with van der Waals surface area (Å²) in [6.45, 7) is 0. The van der Waals surface area contributed by atoms with Crippen LogP contribution in [0.5, 0.6) is 0 Å². The van der Waals surface area contributed by atoms with Crippen LogP contribution in [0.3, 0.4) is 0 Å². The maximum absolute atomic E-state index is 14.0. The Bertz CT molecular complexity index is 1020. The van der Waals surface area contributed by atoms with Crippen LogP contribution in [0.4, 0.5) is 14.8 Å². The topological polar surface area (TPSA) is 78.1 Å². The van der Waals surface area contributed by atoms with Crippen LogP contribution in [0.2, 0.25) is 0 Å². The van der Waals surface area contributed by atoms with Gasteiger partial charge in [-0.25, -0.2) is 8.78 Å². The lowest BCUT2D eigenvalue weighted by molar-refractivity contribution is 0.590. The molecule has 0 aliphatic heterocycles. The first-order chi connectivity index (χ1) is 11.1. The number of benzene rings is 2. The van der Waals surface area contributed by atoms with Crippen molar-refractivity contribution in [1.82, 2.24) is 10.2 Å². The van der Waals surface area contributed by atoms with Gasteiger partial charge in [0.05, 0.1) is 6.26 Å². The van der Waals surface area contributed by atoms with Crippen LogP contribution in [0, 0.1) is 11.6 Å². The van der Waals surface area contributed by atoms with E-state index in [2.05, 4.69) is 10.2 Å². The van der Waals surface area contributed by atoms with Gasteiger partial charge in [-0.2, -0.15) is 0 Å². The summed E-state index contributed by atoms with van der Waals surface area (Å²) in [6.07, 6.45) is 1.38. The minimum absolute atomic E-state index is 0.0521. The van der Waals surface area contributed by atoms with E-state index in [0.29, 0.717) is 22.1 Å². The van der Waals surface area contributed by atoms with Gasteiger partial charge in [-0.1, -0.05) is 5.10 Å². The Hall–Kier alpha value is -3.22. The van der Waals surface area contributed by atoms with Gasteiger partial charge in [0, 0.05) is 22.1 Å². The predicted octanol–water partition coefficient (Wildman–Crippen LogP) is 4.01. The zero-order valence-electron chi connectivity index (χ0n) is 11.6. The summed E-state index contributed by atoms with van der Waals surface area (Å²) in [5.74, 6) is -0.839. The van der Waals surface area contributed by atoms with E-state index in [0.717, 1.165) is 18.2 Å². The second-order valence-electron chi connectivity index (χ2n) is 4.93. The van der Waals surface area contributed by atoms with Crippen molar-refractivity contribution in [2.24, 2.45) is 0 Å². The van der Waals surface area contributed by atoms with E-state index in [4.69, 9.17) is 14.6 Å². The standard InChI is InChI=1S/C16H9F2N3O2/c17-9-2-3-13(18)10(6-9)12-7-22-14-4-1-8(5-11(12)14)15-20-21-16(19)23-15/h1-7H,(H2,19,21). The molecule has 0 fully saturated rings. The molecule has 0 atom stereocenters. The van der Waals surface area contributed by atoms with E-state index >= 15 is 0 Å². The van der Waals surface area contributed by atoms with E-state index in [-0.39, 0.29) is 17.5 Å². The van der Waals surface area contributed by atoms with Gasteiger partial charge >= 0.3 is 6.01 Å². The number of nitrogen functional groups attached to an aromatic ring is 1. The minimum Gasteiger partial charge on any atom is -0.464 e. The number of fused-ring (bicyclic) bond motifs is 1. The van der Waals surface area contributed by atoms with Gasteiger partial charge in [0.1, 0.15) is 17.2 Å². The maximum Gasteiger partial charge on any atom is 0.313 e. The van der Waals surface area contributed by atoms with Gasteiger partial charge in [-0.15, -0.1) is 5.10 Å². The first-order valence-electron chi connectivity index (χ1n) is 6.68. The van der Waals surface area contributed by atoms with Crippen LogP contribution < -0.4 is 5.73 Å². The molecular formula is C16H9F2N3O2. The van der Waals surface area contributed by atoms with E-state index in [1.165, 1.54) is 6.26 Å². The molecule has 7 heteroatoms. The number of anilines is 1. The second-order valence-corrected chi connectivity index (χ2v) is 4.93. The average Bonchev–Trinajstić information content (AvgIpc) is 3.15. The first-order valence-corrected chi connectivity index (χ1v) is 6.68. The van der Waals surface area contributed by atoms with Gasteiger partial charge in [0.2, 0.25) is 5.89 Å². The Morgan fingerprint density at radius 2 is 1.83 bits per heavy atom. The number of rotatable bonds is 2. The molecule has 4 aromatic rings. The third-order valence-electron chi connectivity index (χ3n) is 3.48. The van der Waals surface area contributed by atoms with E-state index in [1.54, 1.807) is 18.2 Å². The fourth-order valence-electron chi connectivity index (χ4n) is 2.43. The lowest BCUT2D eigenvalue weighted by atomic mass is 10.0. The molecule has 0 radical (unpaired) electrons. The largest absolute Gasteiger partial charge is 0.464 e. The molecule has 0 saturated heterocycles. The molecule has 0 unspecified atom stereocenters. The average molecular weight is 313 g/mol. The molecule has 2 heterocycles. The third-order valence-corrected chi connectivity index (χ3v) is 3.48. The van der Waals surface area contributed by atoms with Crippen molar-refractivity contribution in [3.05, 3.63) is 54.3 Å². The molecule has 23 heavy (non-hydrogen) atoms. The molecule has 0 bridgehead atoms. The monoisotopic (exact) mass is 313 g/mol. The molecule has 5 nitrogen and oxygen atoms in total. The molecule has 4 rings (SSSR count). The van der Waals surface area contributed by atoms with Crippen molar-refractivity contribution in [3.8, 4) is 22.6 Å². The van der Waals surface area contributed by atoms with Crippen molar-refractivity contribution < 1.29 is 17.6 Å². The Kier molecular flexibility index (Phi) is 2.87. The summed E-state index contributed by atoms with van der Waals surface area (Å²) in [5, 5.41) is 8.00. The van der Waals surface area contributed by atoms with Crippen LogP contribution in [-0.2, 0) is 0 Å². The van der Waals surface area contributed by atoms with E-state index in [1.807, 2.05) is 0 Å². The van der Waals surface area contributed by atoms with Crippen molar-refractivity contribution in [2.45, 2.75) is 0 Å². The Balaban J connectivity index is 1.93. The van der Waals surface area contributed by atoms with E-state index < -0.39 is 11.6 Å². The van der Waals surface area contributed by atoms with Gasteiger partial charge in [0.15, 0.2) is 0 Å². The number of halogens is 2. The number of nitrogens with two attached hydrogens (primary N) is 1. The van der Waals surface area contributed by atoms with Gasteiger partial charge < -0.3 is 14.6 Å². The minimum atomic E-state index is -0.540. The highest BCUT2D eigenvalue weighted by Crippen LogP contribution is 2.35. The molecule has 114 valence electrons. The molecule has 2 N–H and O–H groups in total. The van der Waals surface area contributed by atoms with Crippen LogP contribution in [-0.4, -0.2) is 10.2 Å². The Morgan fingerprint density at radius 1 is 0.957 bits per heavy atom. The number of aromatic nitrogens is 2. The molecule has 2 aromatic carbocycles. The molecule has 0 spiro atoms. The van der Waals surface area contributed by atoms with Crippen LogP contribution in [0.15, 0.2) is 51.5 Å². The number of furan rings is 1. The third kappa shape index (κ3) is 2.22. The number of hydrogen-bond donors (Lipinski definition) is 1. The smallest absolute Gasteiger partial charge is 0.313 e. The second kappa shape index (κ2) is 4.91. The molecular weight excluding hydrogens is 304 g/mol. The Morgan fingerprint density at radius 3 is 2.61 bits per heavy atom. The highest BCUT2D eigenvalue weighted by molar-refractivity contribution is 5.96. The van der Waals surface area contributed by atoms with Gasteiger partial charge in [-0.05, 0) is 36.4 Å². The summed E-state index contributed by atoms with van der Waals surface area (Å²) in [5.41, 5.74) is 7.10. The van der Waals surface area contributed by atoms with Crippen molar-refractivity contribution in [2.75, 3.05) is 5.73 Å². The summed E-state index contributed by atoms with van der Waals surface area (Å²) < 4.78 is 38.1. The van der Waals surface area contributed by atoms with Gasteiger partial charge in [-0.3, -0.25) is 0 Å². The first kappa shape index (κ1) is 13.4. The van der Waals surface area contributed by atoms with Crippen molar-refractivity contribution in [3.63, 3.8) is 0 Å². The summed E-state index contributed by atoms with van der Waals surface area (Å²) >= 11 is 0. The lowest BCUT2D eigenvalue weighted by Crippen LogP contribution is -1.85.